The fraction of sp³-hybridized carbons (Fsp3) is 0.909. The first kappa shape index (κ1) is 24.4. The van der Waals surface area contributed by atoms with Crippen LogP contribution in [-0.2, 0) is 9.59 Å². The molecule has 7 heteroatoms. The van der Waals surface area contributed by atoms with E-state index < -0.39 is 0 Å². The maximum absolute atomic E-state index is 12.7. The van der Waals surface area contributed by atoms with Crippen molar-refractivity contribution in [2.75, 3.05) is 46.3 Å². The molecule has 0 bridgehead atoms. The quantitative estimate of drug-likeness (QED) is 0.653. The first-order valence-electron chi connectivity index (χ1n) is 11.6. The van der Waals surface area contributed by atoms with Crippen LogP contribution in [0, 0.1) is 11.8 Å². The summed E-state index contributed by atoms with van der Waals surface area (Å²) >= 11 is 0. The van der Waals surface area contributed by atoms with Crippen LogP contribution >= 0.6 is 12.4 Å². The zero-order valence-corrected chi connectivity index (χ0v) is 19.0. The Kier molecular flexibility index (Phi) is 10.7. The number of amides is 2. The lowest BCUT2D eigenvalue weighted by Crippen LogP contribution is -2.50. The predicted octanol–water partition coefficient (Wildman–Crippen LogP) is 2.42. The Hall–Kier alpha value is -0.850. The minimum Gasteiger partial charge on any atom is -0.352 e. The topological polar surface area (TPSA) is 64.7 Å². The average molecular weight is 429 g/mol. The van der Waals surface area contributed by atoms with Crippen LogP contribution in [0.25, 0.3) is 0 Å². The summed E-state index contributed by atoms with van der Waals surface area (Å²) in [5.74, 6) is 1.59. The van der Waals surface area contributed by atoms with Crippen LogP contribution in [0.2, 0.25) is 0 Å². The van der Waals surface area contributed by atoms with Gasteiger partial charge in [-0.25, -0.2) is 0 Å². The molecule has 0 unspecified atom stereocenters. The number of piperidine rings is 2. The van der Waals surface area contributed by atoms with E-state index in [0.29, 0.717) is 12.5 Å². The van der Waals surface area contributed by atoms with Crippen molar-refractivity contribution in [3.63, 3.8) is 0 Å². The van der Waals surface area contributed by atoms with E-state index in [9.17, 15) is 9.59 Å². The Labute approximate surface area is 182 Å². The van der Waals surface area contributed by atoms with Crippen LogP contribution in [-0.4, -0.2) is 74.0 Å². The number of carbonyl (C=O) groups excluding carboxylic acids is 2. The van der Waals surface area contributed by atoms with E-state index in [2.05, 4.69) is 20.4 Å². The maximum Gasteiger partial charge on any atom is 0.234 e. The zero-order valence-electron chi connectivity index (χ0n) is 18.2. The van der Waals surface area contributed by atoms with Gasteiger partial charge in [0.15, 0.2) is 0 Å². The average Bonchev–Trinajstić information content (AvgIpc) is 2.74. The third-order valence-corrected chi connectivity index (χ3v) is 7.00. The van der Waals surface area contributed by atoms with Crippen LogP contribution in [0.4, 0.5) is 0 Å². The molecule has 29 heavy (non-hydrogen) atoms. The van der Waals surface area contributed by atoms with Gasteiger partial charge in [0.1, 0.15) is 0 Å². The van der Waals surface area contributed by atoms with Gasteiger partial charge in [-0.1, -0.05) is 19.3 Å². The Morgan fingerprint density at radius 2 is 1.55 bits per heavy atom. The molecule has 6 nitrogen and oxygen atoms in total. The van der Waals surface area contributed by atoms with Gasteiger partial charge in [0.25, 0.3) is 0 Å². The molecule has 1 saturated carbocycles. The lowest BCUT2D eigenvalue weighted by atomic mass is 9.87. The van der Waals surface area contributed by atoms with Crippen molar-refractivity contribution in [1.29, 1.82) is 0 Å². The van der Waals surface area contributed by atoms with Crippen molar-refractivity contribution in [3.05, 3.63) is 0 Å². The van der Waals surface area contributed by atoms with E-state index in [1.807, 2.05) is 7.05 Å². The molecule has 3 rings (SSSR count). The molecule has 0 atom stereocenters. The molecule has 0 spiro atoms. The van der Waals surface area contributed by atoms with Gasteiger partial charge in [-0.15, -0.1) is 12.4 Å². The minimum atomic E-state index is 0. The maximum atomic E-state index is 12.7. The molecule has 0 aromatic carbocycles. The van der Waals surface area contributed by atoms with E-state index in [0.717, 1.165) is 64.3 Å². The van der Waals surface area contributed by atoms with Gasteiger partial charge in [-0.3, -0.25) is 14.5 Å². The Balaban J connectivity index is 0.00000300. The molecule has 3 fully saturated rings. The van der Waals surface area contributed by atoms with Gasteiger partial charge >= 0.3 is 0 Å². The summed E-state index contributed by atoms with van der Waals surface area (Å²) in [6.07, 6.45) is 11.3. The predicted molar refractivity (Wildman–Crippen MR) is 119 cm³/mol. The second-order valence-electron chi connectivity index (χ2n) is 9.11. The Morgan fingerprint density at radius 1 is 0.897 bits per heavy atom. The van der Waals surface area contributed by atoms with E-state index in [1.54, 1.807) is 0 Å². The Bertz CT molecular complexity index is 497. The highest BCUT2D eigenvalue weighted by Crippen LogP contribution is 2.26. The van der Waals surface area contributed by atoms with Crippen molar-refractivity contribution in [2.24, 2.45) is 11.8 Å². The number of nitrogens with one attached hydrogen (secondary N) is 2. The second-order valence-corrected chi connectivity index (χ2v) is 9.11. The van der Waals surface area contributed by atoms with Crippen LogP contribution < -0.4 is 10.6 Å². The molecule has 3 aliphatic rings. The molecule has 0 aromatic rings. The number of nitrogens with zero attached hydrogens (tertiary/aromatic N) is 2. The first-order valence-corrected chi connectivity index (χ1v) is 11.6. The van der Waals surface area contributed by atoms with Gasteiger partial charge in [-0.2, -0.15) is 0 Å². The van der Waals surface area contributed by atoms with Crippen molar-refractivity contribution in [3.8, 4) is 0 Å². The van der Waals surface area contributed by atoms with Crippen LogP contribution in [0.15, 0.2) is 0 Å². The van der Waals surface area contributed by atoms with Crippen molar-refractivity contribution in [2.45, 2.75) is 70.3 Å². The lowest BCUT2D eigenvalue weighted by Gasteiger charge is -2.36. The lowest BCUT2D eigenvalue weighted by molar-refractivity contribution is -0.137. The molecular formula is C22H41ClN4O2. The van der Waals surface area contributed by atoms with Gasteiger partial charge in [0.05, 0.1) is 6.54 Å². The number of hydrogen-bond donors (Lipinski definition) is 2. The van der Waals surface area contributed by atoms with Gasteiger partial charge < -0.3 is 15.5 Å². The fourth-order valence-electron chi connectivity index (χ4n) is 5.11. The largest absolute Gasteiger partial charge is 0.352 e. The van der Waals surface area contributed by atoms with E-state index in [-0.39, 0.29) is 30.3 Å². The van der Waals surface area contributed by atoms with Crippen molar-refractivity contribution >= 4 is 24.2 Å². The number of halogens is 1. The van der Waals surface area contributed by atoms with E-state index >= 15 is 0 Å². The van der Waals surface area contributed by atoms with Crippen molar-refractivity contribution in [1.82, 2.24) is 20.4 Å². The van der Waals surface area contributed by atoms with Gasteiger partial charge in [0, 0.05) is 25.0 Å². The molecule has 168 valence electrons. The van der Waals surface area contributed by atoms with Crippen molar-refractivity contribution < 1.29 is 9.59 Å². The SMILES string of the molecule is CNCCC1CCN(CC(=O)NC2CCN(C(=O)C3CCCCC3)CC2)CC1.Cl. The summed E-state index contributed by atoms with van der Waals surface area (Å²) in [5, 5.41) is 6.45. The highest BCUT2D eigenvalue weighted by Gasteiger charge is 2.30. The summed E-state index contributed by atoms with van der Waals surface area (Å²) in [6.45, 7) is 5.30. The smallest absolute Gasteiger partial charge is 0.234 e. The number of hydrogen-bond acceptors (Lipinski definition) is 4. The number of carbonyl (C=O) groups is 2. The summed E-state index contributed by atoms with van der Waals surface area (Å²) < 4.78 is 0. The van der Waals surface area contributed by atoms with Crippen LogP contribution in [0.1, 0.15) is 64.2 Å². The third-order valence-electron chi connectivity index (χ3n) is 7.00. The molecular weight excluding hydrogens is 388 g/mol. The van der Waals surface area contributed by atoms with E-state index in [1.165, 1.54) is 38.5 Å². The van der Waals surface area contributed by atoms with Gasteiger partial charge in [0.2, 0.25) is 11.8 Å². The number of rotatable bonds is 7. The first-order chi connectivity index (χ1) is 13.7. The molecule has 0 aromatic heterocycles. The summed E-state index contributed by atoms with van der Waals surface area (Å²) in [6, 6.07) is 0.232. The molecule has 0 radical (unpaired) electrons. The van der Waals surface area contributed by atoms with Crippen LogP contribution in [0.3, 0.4) is 0 Å². The third kappa shape index (κ3) is 7.72. The van der Waals surface area contributed by atoms with E-state index in [4.69, 9.17) is 0 Å². The highest BCUT2D eigenvalue weighted by molar-refractivity contribution is 5.85. The fourth-order valence-corrected chi connectivity index (χ4v) is 5.11. The number of likely N-dealkylation sites (tertiary alicyclic amines) is 2. The van der Waals surface area contributed by atoms with Gasteiger partial charge in [-0.05, 0) is 77.5 Å². The molecule has 2 aliphatic heterocycles. The normalized spacial score (nSPS) is 22.9. The highest BCUT2D eigenvalue weighted by atomic mass is 35.5. The second kappa shape index (κ2) is 12.8. The molecule has 2 heterocycles. The minimum absolute atomic E-state index is 0. The molecule has 2 saturated heterocycles. The zero-order chi connectivity index (χ0) is 19.8. The summed E-state index contributed by atoms with van der Waals surface area (Å²) in [7, 11) is 2.01. The van der Waals surface area contributed by atoms with Crippen LogP contribution in [0.5, 0.6) is 0 Å². The molecule has 1 aliphatic carbocycles. The molecule has 2 N–H and O–H groups in total. The standard InChI is InChI=1S/C22H40N4O2.ClH/c1-23-12-7-18-8-13-25(14-9-18)17-21(27)24-20-10-15-26(16-11-20)22(28)19-5-3-2-4-6-19;/h18-20,23H,2-17H2,1H3,(H,24,27);1H. The summed E-state index contributed by atoms with van der Waals surface area (Å²) in [5.41, 5.74) is 0. The Morgan fingerprint density at radius 3 is 2.17 bits per heavy atom. The monoisotopic (exact) mass is 428 g/mol. The molecule has 2 amide bonds. The summed E-state index contributed by atoms with van der Waals surface area (Å²) in [4.78, 5) is 29.5.